The molecule has 1 aromatic heterocycles. The van der Waals surface area contributed by atoms with E-state index in [1.54, 1.807) is 11.7 Å². The van der Waals surface area contributed by atoms with Crippen LogP contribution in [0, 0.1) is 0 Å². The molecule has 1 saturated heterocycles. The van der Waals surface area contributed by atoms with Crippen LogP contribution in [0.5, 0.6) is 0 Å². The summed E-state index contributed by atoms with van der Waals surface area (Å²) in [5.74, 6) is 0.112. The van der Waals surface area contributed by atoms with Crippen LogP contribution in [0.3, 0.4) is 0 Å². The molecule has 1 atom stereocenters. The van der Waals surface area contributed by atoms with Gasteiger partial charge in [-0.1, -0.05) is 18.2 Å². The number of carbonyl (C=O) groups is 1. The van der Waals surface area contributed by atoms with Crippen LogP contribution in [-0.2, 0) is 6.54 Å². The van der Waals surface area contributed by atoms with Gasteiger partial charge in [0.25, 0.3) is 5.91 Å². The number of benzene rings is 1. The van der Waals surface area contributed by atoms with Crippen molar-refractivity contribution in [3.05, 3.63) is 46.4 Å². The highest BCUT2D eigenvalue weighted by atomic mass is 32.1. The summed E-state index contributed by atoms with van der Waals surface area (Å²) in [6.45, 7) is 2.61. The summed E-state index contributed by atoms with van der Waals surface area (Å²) in [6.07, 6.45) is 4.05. The molecule has 0 aliphatic carbocycles. The zero-order valence-electron chi connectivity index (χ0n) is 11.7. The number of amides is 1. The van der Waals surface area contributed by atoms with Crippen LogP contribution in [0.2, 0.25) is 0 Å². The Balaban J connectivity index is 1.70. The fourth-order valence-corrected chi connectivity index (χ4v) is 4.01. The maximum Gasteiger partial charge on any atom is 0.265 e. The third-order valence-corrected chi connectivity index (χ3v) is 5.16. The predicted octanol–water partition coefficient (Wildman–Crippen LogP) is 2.77. The Bertz CT molecular complexity index is 655. The summed E-state index contributed by atoms with van der Waals surface area (Å²) in [6, 6.07) is 8.93. The van der Waals surface area contributed by atoms with Crippen LogP contribution in [-0.4, -0.2) is 34.9 Å². The van der Waals surface area contributed by atoms with E-state index in [1.807, 2.05) is 4.90 Å². The van der Waals surface area contributed by atoms with Gasteiger partial charge in [-0.2, -0.15) is 0 Å². The fourth-order valence-electron chi connectivity index (χ4n) is 3.42. The Morgan fingerprint density at radius 1 is 1.33 bits per heavy atom. The number of carbonyl (C=O) groups excluding carboxylic acids is 1. The maximum atomic E-state index is 12.7. The fraction of sp³-hybridized carbons (Fsp3) is 0.375. The number of para-hydroxylation sites is 1. The standard InChI is InChI=1S/C16H17N3OS/c20-16(15-8-17-11-21-15)18-9-12-4-1-2-6-14(12)19-7-3-5-13(19)10-18/h1-2,4,6,8,11,13H,3,5,7,9-10H2/t13-/m0/s1. The van der Waals surface area contributed by atoms with E-state index in [2.05, 4.69) is 34.1 Å². The molecule has 4 rings (SSSR count). The van der Waals surface area contributed by atoms with Crippen molar-refractivity contribution in [1.29, 1.82) is 0 Å². The van der Waals surface area contributed by atoms with Gasteiger partial charge in [0, 0.05) is 31.4 Å². The summed E-state index contributed by atoms with van der Waals surface area (Å²) in [4.78, 5) is 21.9. The molecular weight excluding hydrogens is 282 g/mol. The Morgan fingerprint density at radius 3 is 3.10 bits per heavy atom. The minimum absolute atomic E-state index is 0.112. The Kier molecular flexibility index (Phi) is 3.15. The largest absolute Gasteiger partial charge is 0.366 e. The van der Waals surface area contributed by atoms with Crippen molar-refractivity contribution in [3.63, 3.8) is 0 Å². The van der Waals surface area contributed by atoms with Crippen LogP contribution >= 0.6 is 11.3 Å². The Morgan fingerprint density at radius 2 is 2.24 bits per heavy atom. The number of nitrogens with zero attached hydrogens (tertiary/aromatic N) is 3. The van der Waals surface area contributed by atoms with Crippen molar-refractivity contribution in [2.45, 2.75) is 25.4 Å². The molecule has 0 saturated carbocycles. The molecule has 21 heavy (non-hydrogen) atoms. The third-order valence-electron chi connectivity index (χ3n) is 4.40. The second-order valence-corrected chi connectivity index (χ2v) is 6.56. The molecule has 1 amide bonds. The zero-order valence-corrected chi connectivity index (χ0v) is 12.6. The minimum Gasteiger partial charge on any atom is -0.366 e. The van der Waals surface area contributed by atoms with E-state index in [0.29, 0.717) is 12.6 Å². The van der Waals surface area contributed by atoms with Gasteiger partial charge in [-0.15, -0.1) is 11.3 Å². The molecule has 108 valence electrons. The average molecular weight is 299 g/mol. The summed E-state index contributed by atoms with van der Waals surface area (Å²) in [5, 5.41) is 0. The van der Waals surface area contributed by atoms with Crippen molar-refractivity contribution < 1.29 is 4.79 Å². The summed E-state index contributed by atoms with van der Waals surface area (Å²) in [5.41, 5.74) is 4.28. The molecule has 1 aromatic carbocycles. The molecular formula is C16H17N3OS. The minimum atomic E-state index is 0.112. The summed E-state index contributed by atoms with van der Waals surface area (Å²) >= 11 is 1.42. The van der Waals surface area contributed by atoms with E-state index < -0.39 is 0 Å². The van der Waals surface area contributed by atoms with Crippen LogP contribution in [0.4, 0.5) is 5.69 Å². The second-order valence-electron chi connectivity index (χ2n) is 5.67. The van der Waals surface area contributed by atoms with Gasteiger partial charge < -0.3 is 9.80 Å². The first kappa shape index (κ1) is 12.8. The van der Waals surface area contributed by atoms with Gasteiger partial charge in [-0.25, -0.2) is 0 Å². The van der Waals surface area contributed by atoms with Crippen molar-refractivity contribution in [3.8, 4) is 0 Å². The molecule has 3 heterocycles. The number of thiazole rings is 1. The van der Waals surface area contributed by atoms with Crippen molar-refractivity contribution in [2.24, 2.45) is 0 Å². The number of hydrogen-bond donors (Lipinski definition) is 0. The van der Waals surface area contributed by atoms with Crippen molar-refractivity contribution in [1.82, 2.24) is 9.88 Å². The lowest BCUT2D eigenvalue weighted by Crippen LogP contribution is -2.39. The van der Waals surface area contributed by atoms with E-state index in [1.165, 1.54) is 35.4 Å². The van der Waals surface area contributed by atoms with Gasteiger partial charge in [0.1, 0.15) is 4.88 Å². The van der Waals surface area contributed by atoms with E-state index in [-0.39, 0.29) is 5.91 Å². The van der Waals surface area contributed by atoms with Crippen LogP contribution < -0.4 is 4.90 Å². The highest BCUT2D eigenvalue weighted by molar-refractivity contribution is 7.11. The van der Waals surface area contributed by atoms with Gasteiger partial charge in [-0.3, -0.25) is 9.78 Å². The van der Waals surface area contributed by atoms with Crippen molar-refractivity contribution in [2.75, 3.05) is 18.0 Å². The quantitative estimate of drug-likeness (QED) is 0.812. The molecule has 4 nitrogen and oxygen atoms in total. The Hall–Kier alpha value is -1.88. The highest BCUT2D eigenvalue weighted by Gasteiger charge is 2.33. The molecule has 0 bridgehead atoms. The maximum absolute atomic E-state index is 12.7. The molecule has 2 aliphatic heterocycles. The lowest BCUT2D eigenvalue weighted by molar-refractivity contribution is 0.0743. The summed E-state index contributed by atoms with van der Waals surface area (Å²) in [7, 11) is 0. The normalized spacial score (nSPS) is 20.9. The number of fused-ring (bicyclic) bond motifs is 3. The van der Waals surface area contributed by atoms with Crippen LogP contribution in [0.15, 0.2) is 36.0 Å². The summed E-state index contributed by atoms with van der Waals surface area (Å²) < 4.78 is 0. The van der Waals surface area contributed by atoms with E-state index in [9.17, 15) is 4.79 Å². The third kappa shape index (κ3) is 2.21. The first-order valence-electron chi connectivity index (χ1n) is 7.35. The lowest BCUT2D eigenvalue weighted by Gasteiger charge is -2.27. The smallest absolute Gasteiger partial charge is 0.265 e. The second kappa shape index (κ2) is 5.15. The predicted molar refractivity (Wildman–Crippen MR) is 83.7 cm³/mol. The first-order valence-corrected chi connectivity index (χ1v) is 8.23. The SMILES string of the molecule is O=C(c1cncs1)N1Cc2ccccc2N2CCC[C@H]2C1. The van der Waals surface area contributed by atoms with E-state index in [4.69, 9.17) is 0 Å². The van der Waals surface area contributed by atoms with Gasteiger partial charge in [0.05, 0.1) is 11.7 Å². The van der Waals surface area contributed by atoms with Crippen LogP contribution in [0.25, 0.3) is 0 Å². The number of hydrogen-bond acceptors (Lipinski definition) is 4. The topological polar surface area (TPSA) is 36.4 Å². The van der Waals surface area contributed by atoms with Gasteiger partial charge >= 0.3 is 0 Å². The zero-order chi connectivity index (χ0) is 14.2. The molecule has 2 aromatic rings. The number of aromatic nitrogens is 1. The monoisotopic (exact) mass is 299 g/mol. The molecule has 0 radical (unpaired) electrons. The molecule has 0 unspecified atom stereocenters. The Labute approximate surface area is 128 Å². The molecule has 0 spiro atoms. The molecule has 5 heteroatoms. The van der Waals surface area contributed by atoms with Gasteiger partial charge in [0.15, 0.2) is 0 Å². The number of rotatable bonds is 1. The molecule has 1 fully saturated rings. The highest BCUT2D eigenvalue weighted by Crippen LogP contribution is 2.33. The van der Waals surface area contributed by atoms with E-state index in [0.717, 1.165) is 18.0 Å². The molecule has 0 N–H and O–H groups in total. The number of anilines is 1. The first-order chi connectivity index (χ1) is 10.3. The van der Waals surface area contributed by atoms with Gasteiger partial charge in [0.2, 0.25) is 0 Å². The van der Waals surface area contributed by atoms with Crippen molar-refractivity contribution >= 4 is 22.9 Å². The average Bonchev–Trinajstić information content (AvgIpc) is 3.16. The van der Waals surface area contributed by atoms with E-state index >= 15 is 0 Å². The molecule has 2 aliphatic rings. The lowest BCUT2D eigenvalue weighted by atomic mass is 10.1. The van der Waals surface area contributed by atoms with Crippen LogP contribution in [0.1, 0.15) is 28.1 Å². The van der Waals surface area contributed by atoms with Gasteiger partial charge in [-0.05, 0) is 24.5 Å².